The van der Waals surface area contributed by atoms with Crippen LogP contribution in [0.4, 0.5) is 0 Å². The highest BCUT2D eigenvalue weighted by Gasteiger charge is 2.41. The zero-order valence-corrected chi connectivity index (χ0v) is 14.0. The van der Waals surface area contributed by atoms with E-state index in [2.05, 4.69) is 67.4 Å². The number of carbonyl (C=O) groups is 1. The first-order valence-corrected chi connectivity index (χ1v) is 8.57. The molecule has 2 aromatic rings. The lowest BCUT2D eigenvalue weighted by molar-refractivity contribution is -0.132. The molecule has 1 aliphatic rings. The van der Waals surface area contributed by atoms with Gasteiger partial charge in [0.1, 0.15) is 5.78 Å². The van der Waals surface area contributed by atoms with Crippen LogP contribution >= 0.6 is 0 Å². The zero-order chi connectivity index (χ0) is 16.2. The van der Waals surface area contributed by atoms with Crippen molar-refractivity contribution in [2.24, 2.45) is 5.92 Å². The molecular weight excluding hydrogens is 282 g/mol. The molecule has 23 heavy (non-hydrogen) atoms. The van der Waals surface area contributed by atoms with E-state index in [4.69, 9.17) is 0 Å². The van der Waals surface area contributed by atoms with E-state index in [0.29, 0.717) is 12.2 Å². The summed E-state index contributed by atoms with van der Waals surface area (Å²) in [6.45, 7) is 2.17. The summed E-state index contributed by atoms with van der Waals surface area (Å²) >= 11 is 0. The molecule has 1 aliphatic heterocycles. The van der Waals surface area contributed by atoms with E-state index in [1.54, 1.807) is 0 Å². The second-order valence-electron chi connectivity index (χ2n) is 6.51. The summed E-state index contributed by atoms with van der Waals surface area (Å²) in [5.74, 6) is 0.514. The summed E-state index contributed by atoms with van der Waals surface area (Å²) in [5.41, 5.74) is 2.49. The van der Waals surface area contributed by atoms with E-state index >= 15 is 0 Å². The number of likely N-dealkylation sites (tertiary alicyclic amines) is 1. The van der Waals surface area contributed by atoms with Gasteiger partial charge in [-0.15, -0.1) is 0 Å². The standard InChI is InChI=1S/C21H25NO/c1-3-10-18-20(23)15-19(16-11-6-4-7-12-16)22(2)21(18)17-13-8-5-9-14-17/h4-9,11-14,18-19,21H,3,10,15H2,1-2H3/t18-,19+,21-/m1/s1. The van der Waals surface area contributed by atoms with Crippen molar-refractivity contribution < 1.29 is 4.79 Å². The minimum Gasteiger partial charge on any atom is -0.299 e. The molecule has 0 aromatic heterocycles. The van der Waals surface area contributed by atoms with Crippen LogP contribution in [0.2, 0.25) is 0 Å². The molecule has 1 saturated heterocycles. The summed E-state index contributed by atoms with van der Waals surface area (Å²) in [6.07, 6.45) is 2.63. The number of Topliss-reactive ketones (excluding diaryl/α,β-unsaturated/α-hetero) is 1. The molecular formula is C21H25NO. The molecule has 2 heteroatoms. The van der Waals surface area contributed by atoms with Gasteiger partial charge in [-0.3, -0.25) is 9.69 Å². The average molecular weight is 307 g/mol. The van der Waals surface area contributed by atoms with Crippen LogP contribution in [0.1, 0.15) is 49.4 Å². The van der Waals surface area contributed by atoms with Gasteiger partial charge in [-0.25, -0.2) is 0 Å². The Balaban J connectivity index is 1.98. The third-order valence-electron chi connectivity index (χ3n) is 5.04. The number of ketones is 1. The lowest BCUT2D eigenvalue weighted by Gasteiger charge is -2.44. The quantitative estimate of drug-likeness (QED) is 0.809. The number of benzene rings is 2. The van der Waals surface area contributed by atoms with Crippen LogP contribution < -0.4 is 0 Å². The molecule has 120 valence electrons. The smallest absolute Gasteiger partial charge is 0.139 e. The molecule has 0 unspecified atom stereocenters. The molecule has 0 radical (unpaired) electrons. The minimum absolute atomic E-state index is 0.104. The molecule has 2 nitrogen and oxygen atoms in total. The Hall–Kier alpha value is -1.93. The Morgan fingerprint density at radius 3 is 2.09 bits per heavy atom. The highest BCUT2D eigenvalue weighted by Crippen LogP contribution is 2.43. The SMILES string of the molecule is CCC[C@@H]1C(=O)C[C@@H](c2ccccc2)N(C)[C@@H]1c1ccccc1. The number of nitrogens with zero attached hydrogens (tertiary/aromatic N) is 1. The van der Waals surface area contributed by atoms with Gasteiger partial charge in [-0.1, -0.05) is 74.0 Å². The summed E-state index contributed by atoms with van der Waals surface area (Å²) in [4.78, 5) is 15.3. The van der Waals surface area contributed by atoms with Crippen LogP contribution in [0.15, 0.2) is 60.7 Å². The van der Waals surface area contributed by atoms with Gasteiger partial charge in [0, 0.05) is 24.4 Å². The van der Waals surface area contributed by atoms with E-state index in [-0.39, 0.29) is 18.0 Å². The van der Waals surface area contributed by atoms with Crippen molar-refractivity contribution in [2.75, 3.05) is 7.05 Å². The van der Waals surface area contributed by atoms with E-state index in [1.807, 2.05) is 12.1 Å². The minimum atomic E-state index is 0.104. The van der Waals surface area contributed by atoms with Crippen molar-refractivity contribution in [1.29, 1.82) is 0 Å². The predicted octanol–water partition coefficient (Wildman–Crippen LogP) is 4.79. The van der Waals surface area contributed by atoms with Crippen molar-refractivity contribution >= 4 is 5.78 Å². The zero-order valence-electron chi connectivity index (χ0n) is 14.0. The van der Waals surface area contributed by atoms with Crippen molar-refractivity contribution in [3.63, 3.8) is 0 Å². The Morgan fingerprint density at radius 2 is 1.52 bits per heavy atom. The van der Waals surface area contributed by atoms with Gasteiger partial charge in [-0.2, -0.15) is 0 Å². The normalized spacial score (nSPS) is 25.5. The molecule has 0 bridgehead atoms. The molecule has 2 aromatic carbocycles. The first-order valence-electron chi connectivity index (χ1n) is 8.57. The molecule has 3 rings (SSSR count). The maximum atomic E-state index is 12.9. The largest absolute Gasteiger partial charge is 0.299 e. The van der Waals surface area contributed by atoms with Crippen molar-refractivity contribution in [3.8, 4) is 0 Å². The number of piperidine rings is 1. The number of hydrogen-bond donors (Lipinski definition) is 0. The van der Waals surface area contributed by atoms with E-state index in [9.17, 15) is 4.79 Å². The van der Waals surface area contributed by atoms with Crippen LogP contribution in [-0.4, -0.2) is 17.7 Å². The topological polar surface area (TPSA) is 20.3 Å². The van der Waals surface area contributed by atoms with E-state index in [0.717, 1.165) is 12.8 Å². The molecule has 3 atom stereocenters. The van der Waals surface area contributed by atoms with Gasteiger partial charge in [0.05, 0.1) is 0 Å². The second-order valence-corrected chi connectivity index (χ2v) is 6.51. The van der Waals surface area contributed by atoms with Gasteiger partial charge in [-0.05, 0) is 24.6 Å². The van der Waals surface area contributed by atoms with Crippen LogP contribution in [0.5, 0.6) is 0 Å². The first kappa shape index (κ1) is 15.9. The van der Waals surface area contributed by atoms with Crippen molar-refractivity contribution in [2.45, 2.75) is 38.3 Å². The Bertz CT molecular complexity index is 637. The van der Waals surface area contributed by atoms with Crippen molar-refractivity contribution in [1.82, 2.24) is 4.90 Å². The van der Waals surface area contributed by atoms with Gasteiger partial charge in [0.25, 0.3) is 0 Å². The highest BCUT2D eigenvalue weighted by molar-refractivity contribution is 5.83. The van der Waals surface area contributed by atoms with Crippen LogP contribution in [-0.2, 0) is 4.79 Å². The fourth-order valence-electron chi connectivity index (χ4n) is 3.92. The molecule has 0 aliphatic carbocycles. The first-order chi connectivity index (χ1) is 11.2. The molecule has 0 amide bonds. The van der Waals surface area contributed by atoms with Crippen molar-refractivity contribution in [3.05, 3.63) is 71.8 Å². The molecule has 0 spiro atoms. The molecule has 0 saturated carbocycles. The average Bonchev–Trinajstić information content (AvgIpc) is 2.60. The lowest BCUT2D eigenvalue weighted by Crippen LogP contribution is -2.43. The van der Waals surface area contributed by atoms with Gasteiger partial charge in [0.15, 0.2) is 0 Å². The molecule has 1 fully saturated rings. The summed E-state index contributed by atoms with van der Waals surface area (Å²) in [7, 11) is 2.17. The maximum absolute atomic E-state index is 12.9. The summed E-state index contributed by atoms with van der Waals surface area (Å²) in [5, 5.41) is 0. The Morgan fingerprint density at radius 1 is 0.957 bits per heavy atom. The third kappa shape index (κ3) is 3.23. The Labute approximate surface area is 139 Å². The maximum Gasteiger partial charge on any atom is 0.139 e. The second kappa shape index (κ2) is 7.10. The van der Waals surface area contributed by atoms with Crippen LogP contribution in [0.3, 0.4) is 0 Å². The van der Waals surface area contributed by atoms with Gasteiger partial charge < -0.3 is 0 Å². The predicted molar refractivity (Wildman–Crippen MR) is 94.2 cm³/mol. The summed E-state index contributed by atoms with van der Waals surface area (Å²) < 4.78 is 0. The van der Waals surface area contributed by atoms with Crippen LogP contribution in [0.25, 0.3) is 0 Å². The van der Waals surface area contributed by atoms with Gasteiger partial charge >= 0.3 is 0 Å². The molecule has 1 heterocycles. The van der Waals surface area contributed by atoms with Crippen LogP contribution in [0, 0.1) is 5.92 Å². The fourth-order valence-corrected chi connectivity index (χ4v) is 3.92. The van der Waals surface area contributed by atoms with Gasteiger partial charge in [0.2, 0.25) is 0 Å². The highest BCUT2D eigenvalue weighted by atomic mass is 16.1. The number of carbonyl (C=O) groups excluding carboxylic acids is 1. The number of hydrogen-bond acceptors (Lipinski definition) is 2. The monoisotopic (exact) mass is 307 g/mol. The molecule has 0 N–H and O–H groups in total. The Kier molecular flexibility index (Phi) is 4.92. The third-order valence-corrected chi connectivity index (χ3v) is 5.04. The summed E-state index contributed by atoms with van der Waals surface area (Å²) in [6, 6.07) is 21.3. The van der Waals surface area contributed by atoms with E-state index < -0.39 is 0 Å². The lowest BCUT2D eigenvalue weighted by atomic mass is 9.77. The fraction of sp³-hybridized carbons (Fsp3) is 0.381. The number of rotatable bonds is 4. The van der Waals surface area contributed by atoms with E-state index in [1.165, 1.54) is 11.1 Å².